The van der Waals surface area contributed by atoms with Gasteiger partial charge in [0.25, 0.3) is 0 Å². The molecule has 0 saturated carbocycles. The lowest BCUT2D eigenvalue weighted by Crippen LogP contribution is -2.29. The van der Waals surface area contributed by atoms with E-state index in [1.54, 1.807) is 4.90 Å². The molecule has 0 unspecified atom stereocenters. The molecule has 0 radical (unpaired) electrons. The normalized spacial score (nSPS) is 17.4. The number of ether oxygens (including phenoxy) is 1. The van der Waals surface area contributed by atoms with E-state index in [2.05, 4.69) is 4.74 Å². The Balaban J connectivity index is 1.85. The molecule has 4 nitrogen and oxygen atoms in total. The molecule has 1 atom stereocenters. The summed E-state index contributed by atoms with van der Waals surface area (Å²) in [5, 5.41) is -0.178. The van der Waals surface area contributed by atoms with Crippen LogP contribution in [-0.2, 0) is 26.9 Å². The number of hydrogen-bond donors (Lipinski definition) is 0. The summed E-state index contributed by atoms with van der Waals surface area (Å²) in [7, 11) is 1.33. The van der Waals surface area contributed by atoms with E-state index < -0.39 is 11.7 Å². The Kier molecular flexibility index (Phi) is 7.23. The number of benzene rings is 1. The van der Waals surface area contributed by atoms with E-state index in [1.807, 2.05) is 0 Å². The highest BCUT2D eigenvalue weighted by Gasteiger charge is 2.33. The fraction of sp³-hybridized carbons (Fsp3) is 0.529. The van der Waals surface area contributed by atoms with Crippen molar-refractivity contribution < 1.29 is 27.5 Å². The lowest BCUT2D eigenvalue weighted by atomic mass is 10.1. The van der Waals surface area contributed by atoms with E-state index >= 15 is 0 Å². The first kappa shape index (κ1) is 20.9. The van der Waals surface area contributed by atoms with E-state index in [9.17, 15) is 22.8 Å². The fourth-order valence-corrected chi connectivity index (χ4v) is 3.96. The molecule has 0 bridgehead atoms. The molecule has 0 aromatic heterocycles. The monoisotopic (exact) mass is 409 g/mol. The van der Waals surface area contributed by atoms with E-state index in [1.165, 1.54) is 31.0 Å². The Labute approximate surface area is 159 Å². The molecular formula is C17H19ClF3NO3S. The minimum Gasteiger partial charge on any atom is -0.468 e. The molecule has 1 aromatic carbocycles. The zero-order chi connectivity index (χ0) is 19.3. The maximum Gasteiger partial charge on any atom is 0.417 e. The summed E-state index contributed by atoms with van der Waals surface area (Å²) in [5.41, 5.74) is -0.463. The standard InChI is InChI=1S/C17H19ClF3NO3S/c1-25-16(24)10-26-12-6-7-22(9-12)15(23)5-3-11-2-4-14(18)13(8-11)17(19,20)21/h2,4,8,12H,3,5-7,9-10H2,1H3/t12-/m0/s1. The van der Waals surface area contributed by atoms with Crippen LogP contribution >= 0.6 is 23.4 Å². The van der Waals surface area contributed by atoms with Gasteiger partial charge in [-0.3, -0.25) is 9.59 Å². The van der Waals surface area contributed by atoms with Crippen LogP contribution in [-0.4, -0.2) is 48.0 Å². The number of carbonyl (C=O) groups excluding carboxylic acids is 2. The second-order valence-electron chi connectivity index (χ2n) is 5.95. The van der Waals surface area contributed by atoms with Crippen molar-refractivity contribution in [3.8, 4) is 0 Å². The molecule has 0 spiro atoms. The number of hydrogen-bond acceptors (Lipinski definition) is 4. The second-order valence-corrected chi connectivity index (χ2v) is 7.65. The second kappa shape index (κ2) is 8.99. The first-order valence-electron chi connectivity index (χ1n) is 8.02. The van der Waals surface area contributed by atoms with Gasteiger partial charge in [-0.05, 0) is 30.5 Å². The lowest BCUT2D eigenvalue weighted by molar-refractivity contribution is -0.138. The molecule has 1 fully saturated rings. The first-order valence-corrected chi connectivity index (χ1v) is 9.45. The van der Waals surface area contributed by atoms with Crippen molar-refractivity contribution in [2.45, 2.75) is 30.7 Å². The molecule has 26 heavy (non-hydrogen) atoms. The molecular weight excluding hydrogens is 391 g/mol. The topological polar surface area (TPSA) is 46.6 Å². The minimum atomic E-state index is -4.52. The Hall–Kier alpha value is -1.41. The average Bonchev–Trinajstić information content (AvgIpc) is 3.06. The number of amides is 1. The maximum atomic E-state index is 12.9. The summed E-state index contributed by atoms with van der Waals surface area (Å²) in [6, 6.07) is 3.71. The Bertz CT molecular complexity index is 669. The van der Waals surface area contributed by atoms with Crippen LogP contribution in [0.2, 0.25) is 5.02 Å². The van der Waals surface area contributed by atoms with Crippen molar-refractivity contribution in [3.05, 3.63) is 34.3 Å². The maximum absolute atomic E-state index is 12.9. The number of alkyl halides is 3. The van der Waals surface area contributed by atoms with Gasteiger partial charge in [0.05, 0.1) is 23.4 Å². The summed E-state index contributed by atoms with van der Waals surface area (Å²) < 4.78 is 43.2. The average molecular weight is 410 g/mol. The van der Waals surface area contributed by atoms with Crippen LogP contribution in [0, 0.1) is 0 Å². The number of thioether (sulfide) groups is 1. The molecule has 1 aromatic rings. The van der Waals surface area contributed by atoms with Gasteiger partial charge in [-0.2, -0.15) is 13.2 Å². The third-order valence-corrected chi connectivity index (χ3v) is 5.71. The van der Waals surface area contributed by atoms with Crippen LogP contribution in [0.4, 0.5) is 13.2 Å². The highest BCUT2D eigenvalue weighted by Crippen LogP contribution is 2.35. The zero-order valence-corrected chi connectivity index (χ0v) is 15.7. The van der Waals surface area contributed by atoms with Crippen LogP contribution in [0.5, 0.6) is 0 Å². The third kappa shape index (κ3) is 5.81. The highest BCUT2D eigenvalue weighted by molar-refractivity contribution is 8.00. The summed E-state index contributed by atoms with van der Waals surface area (Å²) in [6.45, 7) is 1.13. The van der Waals surface area contributed by atoms with E-state index in [0.717, 1.165) is 12.5 Å². The molecule has 1 amide bonds. The van der Waals surface area contributed by atoms with Gasteiger partial charge in [0.15, 0.2) is 0 Å². The molecule has 1 saturated heterocycles. The SMILES string of the molecule is COC(=O)CS[C@H]1CCN(C(=O)CCc2ccc(Cl)c(C(F)(F)F)c2)C1. The van der Waals surface area contributed by atoms with Crippen molar-refractivity contribution in [2.75, 3.05) is 26.0 Å². The van der Waals surface area contributed by atoms with Crippen LogP contribution < -0.4 is 0 Å². The number of esters is 1. The van der Waals surface area contributed by atoms with E-state index in [4.69, 9.17) is 11.6 Å². The third-order valence-electron chi connectivity index (χ3n) is 4.13. The number of likely N-dealkylation sites (tertiary alicyclic amines) is 1. The largest absolute Gasteiger partial charge is 0.468 e. The smallest absolute Gasteiger partial charge is 0.417 e. The summed E-state index contributed by atoms with van der Waals surface area (Å²) in [4.78, 5) is 25.1. The van der Waals surface area contributed by atoms with Crippen molar-refractivity contribution in [2.24, 2.45) is 0 Å². The van der Waals surface area contributed by atoms with Crippen LogP contribution in [0.15, 0.2) is 18.2 Å². The van der Waals surface area contributed by atoms with Gasteiger partial charge in [-0.15, -0.1) is 11.8 Å². The zero-order valence-electron chi connectivity index (χ0n) is 14.1. The Morgan fingerprint density at radius 2 is 2.12 bits per heavy atom. The van der Waals surface area contributed by atoms with Crippen LogP contribution in [0.25, 0.3) is 0 Å². The van der Waals surface area contributed by atoms with Gasteiger partial charge >= 0.3 is 12.1 Å². The summed E-state index contributed by atoms with van der Waals surface area (Å²) in [6.07, 6.45) is -3.38. The predicted octanol–water partition coefficient (Wildman–Crippen LogP) is 3.80. The van der Waals surface area contributed by atoms with Crippen molar-refractivity contribution in [3.63, 3.8) is 0 Å². The molecule has 0 N–H and O–H groups in total. The molecule has 144 valence electrons. The van der Waals surface area contributed by atoms with Gasteiger partial charge in [-0.25, -0.2) is 0 Å². The predicted molar refractivity (Wildman–Crippen MR) is 94.2 cm³/mol. The number of aryl methyl sites for hydroxylation is 1. The van der Waals surface area contributed by atoms with Gasteiger partial charge in [0, 0.05) is 24.8 Å². The Morgan fingerprint density at radius 3 is 2.77 bits per heavy atom. The quantitative estimate of drug-likeness (QED) is 0.670. The van der Waals surface area contributed by atoms with Crippen molar-refractivity contribution >= 4 is 35.2 Å². The van der Waals surface area contributed by atoms with Gasteiger partial charge in [0.1, 0.15) is 0 Å². The Morgan fingerprint density at radius 1 is 1.38 bits per heavy atom. The fourth-order valence-electron chi connectivity index (χ4n) is 2.69. The summed E-state index contributed by atoms with van der Waals surface area (Å²) >= 11 is 7.05. The van der Waals surface area contributed by atoms with Crippen LogP contribution in [0.1, 0.15) is 24.0 Å². The molecule has 1 aliphatic heterocycles. The molecule has 2 rings (SSSR count). The number of rotatable bonds is 6. The number of nitrogens with zero attached hydrogens (tertiary/aromatic N) is 1. The molecule has 1 aliphatic rings. The lowest BCUT2D eigenvalue weighted by Gasteiger charge is -2.17. The van der Waals surface area contributed by atoms with Gasteiger partial charge in [-0.1, -0.05) is 17.7 Å². The summed E-state index contributed by atoms with van der Waals surface area (Å²) in [5.74, 6) is -0.161. The van der Waals surface area contributed by atoms with Crippen molar-refractivity contribution in [1.29, 1.82) is 0 Å². The minimum absolute atomic E-state index is 0.102. The first-order chi connectivity index (χ1) is 12.2. The molecule has 0 aliphatic carbocycles. The van der Waals surface area contributed by atoms with E-state index in [-0.39, 0.29) is 40.7 Å². The number of carbonyl (C=O) groups is 2. The number of methoxy groups -OCH3 is 1. The van der Waals surface area contributed by atoms with Gasteiger partial charge < -0.3 is 9.64 Å². The van der Waals surface area contributed by atoms with Gasteiger partial charge in [0.2, 0.25) is 5.91 Å². The van der Waals surface area contributed by atoms with E-state index in [0.29, 0.717) is 18.7 Å². The van der Waals surface area contributed by atoms with Crippen LogP contribution in [0.3, 0.4) is 0 Å². The van der Waals surface area contributed by atoms with Crippen molar-refractivity contribution in [1.82, 2.24) is 4.90 Å². The number of halogens is 4. The molecule has 9 heteroatoms. The molecule has 1 heterocycles. The highest BCUT2D eigenvalue weighted by atomic mass is 35.5.